The van der Waals surface area contributed by atoms with Crippen molar-refractivity contribution >= 4 is 40.2 Å². The summed E-state index contributed by atoms with van der Waals surface area (Å²) in [5.41, 5.74) is -1.08. The first kappa shape index (κ1) is 14.7. The van der Waals surface area contributed by atoms with Crippen molar-refractivity contribution < 1.29 is 17.9 Å². The van der Waals surface area contributed by atoms with Crippen LogP contribution in [-0.4, -0.2) is 16.6 Å². The Balaban J connectivity index is 2.86. The highest BCUT2D eigenvalue weighted by Gasteiger charge is 2.38. The Kier molecular flexibility index (Phi) is 5.15. The summed E-state index contributed by atoms with van der Waals surface area (Å²) < 4.78 is 42.6. The molecule has 0 bridgehead atoms. The summed E-state index contributed by atoms with van der Waals surface area (Å²) in [5.74, 6) is 0. The first-order valence-corrected chi connectivity index (χ1v) is 6.37. The molecule has 1 aromatic heterocycles. The Bertz CT molecular complexity index is 405. The zero-order valence-corrected chi connectivity index (χ0v) is 11.2. The van der Waals surface area contributed by atoms with E-state index in [4.69, 9.17) is 28.6 Å². The minimum atomic E-state index is -4.57. The van der Waals surface area contributed by atoms with Gasteiger partial charge in [-0.1, -0.05) is 36.3 Å². The van der Waals surface area contributed by atoms with Crippen LogP contribution in [0.2, 0.25) is 4.47 Å². The van der Waals surface area contributed by atoms with Gasteiger partial charge < -0.3 is 4.74 Å². The second kappa shape index (κ2) is 5.97. The number of thiocarbonyl (C=S) groups is 1. The molecule has 0 aliphatic heterocycles. The van der Waals surface area contributed by atoms with Gasteiger partial charge in [0.05, 0.1) is 6.61 Å². The van der Waals surface area contributed by atoms with Gasteiger partial charge in [0.2, 0.25) is 5.05 Å². The molecule has 0 aliphatic carbocycles. The fraction of sp³-hybridized carbons (Fsp3) is 0.556. The third-order valence-corrected chi connectivity index (χ3v) is 3.40. The number of alkyl halides is 3. The molecule has 17 heavy (non-hydrogen) atoms. The van der Waals surface area contributed by atoms with Crippen molar-refractivity contribution in [3.05, 3.63) is 15.0 Å². The highest BCUT2D eigenvalue weighted by atomic mass is 35.5. The van der Waals surface area contributed by atoms with E-state index in [0.29, 0.717) is 17.9 Å². The smallest absolute Gasteiger partial charge is 0.435 e. The van der Waals surface area contributed by atoms with E-state index >= 15 is 0 Å². The van der Waals surface area contributed by atoms with Crippen LogP contribution in [0.5, 0.6) is 0 Å². The largest absolute Gasteiger partial charge is 0.482 e. The molecule has 0 amide bonds. The zero-order chi connectivity index (χ0) is 13.1. The Labute approximate surface area is 111 Å². The number of hydrogen-bond donors (Lipinski definition) is 0. The first-order valence-electron chi connectivity index (χ1n) is 4.77. The van der Waals surface area contributed by atoms with Crippen LogP contribution in [0.15, 0.2) is 0 Å². The Morgan fingerprint density at radius 2 is 2.18 bits per heavy atom. The van der Waals surface area contributed by atoms with Gasteiger partial charge in [0.1, 0.15) is 4.88 Å². The van der Waals surface area contributed by atoms with E-state index in [1.807, 2.05) is 6.92 Å². The topological polar surface area (TPSA) is 22.1 Å². The van der Waals surface area contributed by atoms with Crippen LogP contribution in [-0.2, 0) is 10.9 Å². The average Bonchev–Trinajstić information content (AvgIpc) is 2.60. The second-order valence-corrected chi connectivity index (χ2v) is 5.08. The summed E-state index contributed by atoms with van der Waals surface area (Å²) in [5, 5.41) is -0.199. The number of halogens is 4. The van der Waals surface area contributed by atoms with Crippen molar-refractivity contribution in [1.82, 2.24) is 4.98 Å². The maximum Gasteiger partial charge on any atom is 0.435 e. The van der Waals surface area contributed by atoms with Crippen LogP contribution in [0, 0.1) is 0 Å². The molecule has 2 nitrogen and oxygen atoms in total. The third-order valence-electron chi connectivity index (χ3n) is 1.79. The van der Waals surface area contributed by atoms with Crippen molar-refractivity contribution in [1.29, 1.82) is 0 Å². The molecule has 0 unspecified atom stereocenters. The fourth-order valence-corrected chi connectivity index (χ4v) is 2.33. The number of aromatic nitrogens is 1. The Hall–Kier alpha value is -0.400. The van der Waals surface area contributed by atoms with Crippen LogP contribution in [0.3, 0.4) is 0 Å². The molecule has 0 saturated carbocycles. The Morgan fingerprint density at radius 1 is 1.53 bits per heavy atom. The summed E-state index contributed by atoms with van der Waals surface area (Å²) in [6.07, 6.45) is -2.97. The molecule has 0 fully saturated rings. The quantitative estimate of drug-likeness (QED) is 0.611. The van der Waals surface area contributed by atoms with E-state index in [2.05, 4.69) is 4.98 Å². The molecule has 0 radical (unpaired) electrons. The van der Waals surface area contributed by atoms with Gasteiger partial charge in [0.15, 0.2) is 10.2 Å². The molecule has 1 heterocycles. The fourth-order valence-electron chi connectivity index (χ4n) is 0.999. The predicted octanol–water partition coefficient (Wildman–Crippen LogP) is 4.31. The van der Waals surface area contributed by atoms with E-state index in [0.717, 1.165) is 12.8 Å². The van der Waals surface area contributed by atoms with Crippen LogP contribution in [0.4, 0.5) is 13.2 Å². The number of ether oxygens (including phenoxy) is 1. The molecular formula is C9H9ClF3NOS2. The molecule has 1 rings (SSSR count). The number of nitrogens with zero attached hydrogens (tertiary/aromatic N) is 1. The van der Waals surface area contributed by atoms with E-state index in [1.165, 1.54) is 0 Å². The minimum Gasteiger partial charge on any atom is -0.482 e. The van der Waals surface area contributed by atoms with Gasteiger partial charge in [0.25, 0.3) is 0 Å². The van der Waals surface area contributed by atoms with Crippen molar-refractivity contribution in [3.8, 4) is 0 Å². The summed E-state index contributed by atoms with van der Waals surface area (Å²) in [7, 11) is 0. The summed E-state index contributed by atoms with van der Waals surface area (Å²) in [4.78, 5) is 2.99. The van der Waals surface area contributed by atoms with Crippen molar-refractivity contribution in [3.63, 3.8) is 0 Å². The molecule has 0 N–H and O–H groups in total. The molecule has 1 aromatic rings. The highest BCUT2D eigenvalue weighted by molar-refractivity contribution is 7.80. The lowest BCUT2D eigenvalue weighted by atomic mass is 10.3. The van der Waals surface area contributed by atoms with E-state index in [-0.39, 0.29) is 14.4 Å². The molecule has 0 atom stereocenters. The van der Waals surface area contributed by atoms with Gasteiger partial charge in [-0.15, -0.1) is 0 Å². The lowest BCUT2D eigenvalue weighted by Gasteiger charge is -2.08. The third kappa shape index (κ3) is 4.08. The van der Waals surface area contributed by atoms with Gasteiger partial charge >= 0.3 is 6.18 Å². The van der Waals surface area contributed by atoms with Gasteiger partial charge in [-0.25, -0.2) is 4.98 Å². The summed E-state index contributed by atoms with van der Waals surface area (Å²) in [6.45, 7) is 2.24. The lowest BCUT2D eigenvalue weighted by molar-refractivity contribution is -0.140. The maximum atomic E-state index is 12.6. The number of unbranched alkanes of at least 4 members (excludes halogenated alkanes) is 1. The summed E-state index contributed by atoms with van der Waals surface area (Å²) >= 11 is 10.9. The number of thiazole rings is 1. The molecule has 0 aliphatic rings. The van der Waals surface area contributed by atoms with E-state index in [9.17, 15) is 13.2 Å². The number of rotatable bonds is 4. The molecule has 0 saturated heterocycles. The maximum absolute atomic E-state index is 12.6. The van der Waals surface area contributed by atoms with Crippen molar-refractivity contribution in [2.75, 3.05) is 6.61 Å². The normalized spacial score (nSPS) is 11.6. The van der Waals surface area contributed by atoms with Crippen LogP contribution in [0.25, 0.3) is 0 Å². The van der Waals surface area contributed by atoms with Gasteiger partial charge in [-0.3, -0.25) is 0 Å². The van der Waals surface area contributed by atoms with Gasteiger partial charge in [0, 0.05) is 0 Å². The standard InChI is InChI=1S/C9H9ClF3NOS2/c1-2-3-4-15-7(16)5-6(9(11,12)13)14-8(10)17-5/h2-4H2,1H3. The number of hydrogen-bond acceptors (Lipinski definition) is 4. The minimum absolute atomic E-state index is 0.199. The van der Waals surface area contributed by atoms with Crippen molar-refractivity contribution in [2.45, 2.75) is 25.9 Å². The Morgan fingerprint density at radius 3 is 2.71 bits per heavy atom. The first-order chi connectivity index (χ1) is 7.86. The summed E-state index contributed by atoms with van der Waals surface area (Å²) in [6, 6.07) is 0. The van der Waals surface area contributed by atoms with E-state index < -0.39 is 11.9 Å². The molecule has 8 heteroatoms. The predicted molar refractivity (Wildman–Crippen MR) is 64.7 cm³/mol. The van der Waals surface area contributed by atoms with Gasteiger partial charge in [-0.05, 0) is 18.6 Å². The highest BCUT2D eigenvalue weighted by Crippen LogP contribution is 2.36. The zero-order valence-electron chi connectivity index (χ0n) is 8.81. The second-order valence-electron chi connectivity index (χ2n) is 3.13. The molecule has 0 spiro atoms. The average molecular weight is 304 g/mol. The SMILES string of the molecule is CCCCOC(=S)c1sc(Cl)nc1C(F)(F)F. The molecule has 96 valence electrons. The van der Waals surface area contributed by atoms with Crippen LogP contribution in [0.1, 0.15) is 30.3 Å². The molecule has 0 aromatic carbocycles. The van der Waals surface area contributed by atoms with Crippen LogP contribution >= 0.6 is 35.2 Å². The monoisotopic (exact) mass is 303 g/mol. The van der Waals surface area contributed by atoms with Gasteiger partial charge in [-0.2, -0.15) is 13.2 Å². The van der Waals surface area contributed by atoms with Crippen LogP contribution < -0.4 is 0 Å². The lowest BCUT2D eigenvalue weighted by Crippen LogP contribution is -2.13. The molecular weight excluding hydrogens is 295 g/mol. The van der Waals surface area contributed by atoms with E-state index in [1.54, 1.807) is 0 Å². The van der Waals surface area contributed by atoms with Crippen molar-refractivity contribution in [2.24, 2.45) is 0 Å².